The molecule has 1 amide bonds. The molecule has 0 N–H and O–H groups in total. The van der Waals surface area contributed by atoms with Crippen LogP contribution in [-0.4, -0.2) is 42.9 Å². The molecule has 3 rings (SSSR count). The summed E-state index contributed by atoms with van der Waals surface area (Å²) in [6.07, 6.45) is 0. The van der Waals surface area contributed by atoms with Crippen molar-refractivity contribution in [3.8, 4) is 0 Å². The zero-order valence-electron chi connectivity index (χ0n) is 9.95. The third-order valence-electron chi connectivity index (χ3n) is 3.40. The van der Waals surface area contributed by atoms with Crippen molar-refractivity contribution in [1.82, 2.24) is 0 Å². The number of thioether (sulfide) groups is 1. The van der Waals surface area contributed by atoms with Crippen LogP contribution in [0.2, 0.25) is 0 Å². The van der Waals surface area contributed by atoms with Gasteiger partial charge in [-0.25, -0.2) is 12.8 Å². The number of fused-ring (bicyclic) bond motifs is 1. The van der Waals surface area contributed by atoms with Crippen LogP contribution in [0.4, 0.5) is 10.1 Å². The van der Waals surface area contributed by atoms with Crippen LogP contribution >= 0.6 is 11.8 Å². The van der Waals surface area contributed by atoms with Gasteiger partial charge in [0.05, 0.1) is 23.3 Å². The molecule has 0 aromatic heterocycles. The molecule has 0 spiro atoms. The summed E-state index contributed by atoms with van der Waals surface area (Å²) < 4.78 is 36.4. The Bertz CT molecular complexity index is 614. The van der Waals surface area contributed by atoms with E-state index < -0.39 is 9.84 Å². The van der Waals surface area contributed by atoms with E-state index in [0.717, 1.165) is 0 Å². The molecule has 0 unspecified atom stereocenters. The highest BCUT2D eigenvalue weighted by molar-refractivity contribution is 8.02. The summed E-state index contributed by atoms with van der Waals surface area (Å²) in [5, 5.41) is -0.0762. The maximum atomic E-state index is 12.9. The van der Waals surface area contributed by atoms with Crippen molar-refractivity contribution in [1.29, 1.82) is 0 Å². The van der Waals surface area contributed by atoms with E-state index in [4.69, 9.17) is 0 Å². The first-order chi connectivity index (χ1) is 8.96. The van der Waals surface area contributed by atoms with E-state index in [-0.39, 0.29) is 40.3 Å². The van der Waals surface area contributed by atoms with Crippen LogP contribution in [0, 0.1) is 5.82 Å². The largest absolute Gasteiger partial charge is 0.306 e. The fourth-order valence-electron chi connectivity index (χ4n) is 2.57. The summed E-state index contributed by atoms with van der Waals surface area (Å²) in [6.45, 7) is 0. The molecule has 2 aliphatic heterocycles. The quantitative estimate of drug-likeness (QED) is 0.778. The van der Waals surface area contributed by atoms with E-state index >= 15 is 0 Å². The molecule has 0 saturated carbocycles. The number of amides is 1. The number of anilines is 1. The Morgan fingerprint density at radius 2 is 1.89 bits per heavy atom. The van der Waals surface area contributed by atoms with E-state index in [1.54, 1.807) is 0 Å². The lowest BCUT2D eigenvalue weighted by Crippen LogP contribution is -2.50. The minimum Gasteiger partial charge on any atom is -0.306 e. The van der Waals surface area contributed by atoms with Gasteiger partial charge < -0.3 is 4.90 Å². The molecule has 0 radical (unpaired) electrons. The number of halogens is 1. The van der Waals surface area contributed by atoms with Crippen molar-refractivity contribution < 1.29 is 17.6 Å². The smallest absolute Gasteiger partial charge is 0.237 e. The van der Waals surface area contributed by atoms with Crippen molar-refractivity contribution in [3.63, 3.8) is 0 Å². The molecule has 7 heteroatoms. The van der Waals surface area contributed by atoms with Gasteiger partial charge in [-0.05, 0) is 24.3 Å². The Morgan fingerprint density at radius 3 is 2.58 bits per heavy atom. The number of carbonyl (C=O) groups is 1. The molecule has 2 saturated heterocycles. The molecule has 4 nitrogen and oxygen atoms in total. The molecule has 19 heavy (non-hydrogen) atoms. The van der Waals surface area contributed by atoms with Gasteiger partial charge in [-0.3, -0.25) is 4.79 Å². The standard InChI is InChI=1S/C12H12FNO3S2/c13-8-1-3-9(4-2-8)14-10-6-19(16,17)7-11(10)18-5-12(14)15/h1-4,10-11H,5-7H2/t10-,11+/m1/s1. The van der Waals surface area contributed by atoms with Gasteiger partial charge in [0.1, 0.15) is 5.82 Å². The van der Waals surface area contributed by atoms with E-state index in [2.05, 4.69) is 0 Å². The normalized spacial score (nSPS) is 29.3. The van der Waals surface area contributed by atoms with Crippen LogP contribution in [0.3, 0.4) is 0 Å². The summed E-state index contributed by atoms with van der Waals surface area (Å²) >= 11 is 1.40. The van der Waals surface area contributed by atoms with Crippen LogP contribution in [0.25, 0.3) is 0 Å². The van der Waals surface area contributed by atoms with Gasteiger partial charge in [-0.1, -0.05) is 0 Å². The molecule has 2 aliphatic rings. The van der Waals surface area contributed by atoms with Crippen molar-refractivity contribution in [3.05, 3.63) is 30.1 Å². The highest BCUT2D eigenvalue weighted by Gasteiger charge is 2.46. The number of nitrogens with zero attached hydrogens (tertiary/aromatic N) is 1. The molecule has 2 heterocycles. The molecule has 1 aromatic carbocycles. The van der Waals surface area contributed by atoms with Crippen LogP contribution in [-0.2, 0) is 14.6 Å². The second-order valence-electron chi connectivity index (χ2n) is 4.73. The van der Waals surface area contributed by atoms with Crippen LogP contribution in [0.5, 0.6) is 0 Å². The lowest BCUT2D eigenvalue weighted by molar-refractivity contribution is -0.116. The molecular formula is C12H12FNO3S2. The SMILES string of the molecule is O=C1CS[C@H]2CS(=O)(=O)C[C@H]2N1c1ccc(F)cc1. The minimum absolute atomic E-state index is 0.00617. The average Bonchev–Trinajstić information content (AvgIpc) is 2.65. The minimum atomic E-state index is -3.09. The van der Waals surface area contributed by atoms with Gasteiger partial charge in [0.15, 0.2) is 9.84 Å². The Kier molecular flexibility index (Phi) is 3.05. The maximum absolute atomic E-state index is 12.9. The van der Waals surface area contributed by atoms with Crippen LogP contribution in [0.1, 0.15) is 0 Å². The Morgan fingerprint density at radius 1 is 1.21 bits per heavy atom. The van der Waals surface area contributed by atoms with Crippen LogP contribution in [0.15, 0.2) is 24.3 Å². The molecular weight excluding hydrogens is 289 g/mol. The van der Waals surface area contributed by atoms with Crippen molar-refractivity contribution in [2.45, 2.75) is 11.3 Å². The first-order valence-electron chi connectivity index (χ1n) is 5.86. The molecule has 2 fully saturated rings. The molecule has 2 atom stereocenters. The van der Waals surface area contributed by atoms with Crippen molar-refractivity contribution in [2.24, 2.45) is 0 Å². The van der Waals surface area contributed by atoms with E-state index in [0.29, 0.717) is 5.69 Å². The van der Waals surface area contributed by atoms with Crippen molar-refractivity contribution in [2.75, 3.05) is 22.2 Å². The van der Waals surface area contributed by atoms with Crippen molar-refractivity contribution >= 4 is 33.2 Å². The Labute approximate surface area is 114 Å². The lowest BCUT2D eigenvalue weighted by atomic mass is 10.1. The van der Waals surface area contributed by atoms with E-state index in [1.165, 1.54) is 40.9 Å². The second-order valence-corrected chi connectivity index (χ2v) is 8.12. The monoisotopic (exact) mass is 301 g/mol. The fraction of sp³-hybridized carbons (Fsp3) is 0.417. The number of hydrogen-bond acceptors (Lipinski definition) is 4. The third-order valence-corrected chi connectivity index (χ3v) is 6.65. The van der Waals surface area contributed by atoms with Gasteiger partial charge in [-0.15, -0.1) is 11.8 Å². The number of hydrogen-bond donors (Lipinski definition) is 0. The Hall–Kier alpha value is -1.08. The average molecular weight is 301 g/mol. The fourth-order valence-corrected chi connectivity index (χ4v) is 6.39. The number of benzene rings is 1. The highest BCUT2D eigenvalue weighted by atomic mass is 32.2. The zero-order valence-corrected chi connectivity index (χ0v) is 11.6. The maximum Gasteiger partial charge on any atom is 0.237 e. The van der Waals surface area contributed by atoms with E-state index in [1.807, 2.05) is 0 Å². The van der Waals surface area contributed by atoms with Gasteiger partial charge >= 0.3 is 0 Å². The number of carbonyl (C=O) groups excluding carboxylic acids is 1. The topological polar surface area (TPSA) is 54.5 Å². The number of sulfone groups is 1. The van der Waals surface area contributed by atoms with Gasteiger partial charge in [-0.2, -0.15) is 0 Å². The zero-order chi connectivity index (χ0) is 13.6. The van der Waals surface area contributed by atoms with Gasteiger partial charge in [0, 0.05) is 10.9 Å². The third kappa shape index (κ3) is 2.36. The Balaban J connectivity index is 1.98. The highest BCUT2D eigenvalue weighted by Crippen LogP contribution is 2.36. The summed E-state index contributed by atoms with van der Waals surface area (Å²) in [5.41, 5.74) is 0.568. The predicted molar refractivity (Wildman–Crippen MR) is 72.6 cm³/mol. The van der Waals surface area contributed by atoms with Gasteiger partial charge in [0.2, 0.25) is 5.91 Å². The predicted octanol–water partition coefficient (Wildman–Crippen LogP) is 1.07. The first-order valence-corrected chi connectivity index (χ1v) is 8.73. The van der Waals surface area contributed by atoms with Crippen LogP contribution < -0.4 is 4.90 Å². The van der Waals surface area contributed by atoms with Gasteiger partial charge in [0.25, 0.3) is 0 Å². The lowest BCUT2D eigenvalue weighted by Gasteiger charge is -2.36. The first kappa shape index (κ1) is 12.9. The summed E-state index contributed by atoms with van der Waals surface area (Å²) in [4.78, 5) is 13.6. The summed E-state index contributed by atoms with van der Waals surface area (Å²) in [5.74, 6) is -0.108. The molecule has 102 valence electrons. The van der Waals surface area contributed by atoms with E-state index in [9.17, 15) is 17.6 Å². The number of rotatable bonds is 1. The summed E-state index contributed by atoms with van der Waals surface area (Å²) in [6, 6.07) is 5.27. The summed E-state index contributed by atoms with van der Waals surface area (Å²) in [7, 11) is -3.09. The molecule has 0 aliphatic carbocycles. The molecule has 0 bridgehead atoms. The second kappa shape index (κ2) is 4.49. The molecule has 1 aromatic rings.